The number of esters is 1. The van der Waals surface area contributed by atoms with Crippen molar-refractivity contribution in [1.82, 2.24) is 4.90 Å². The number of carbonyl (C=O) groups excluding carboxylic acids is 1. The molecule has 2 unspecified atom stereocenters. The minimum atomic E-state index is -0.0651. The zero-order valence-corrected chi connectivity index (χ0v) is 11.1. The first-order chi connectivity index (χ1) is 8.70. The number of likely N-dealkylation sites (tertiary alicyclic amines) is 1. The van der Waals surface area contributed by atoms with E-state index in [4.69, 9.17) is 4.74 Å². The van der Waals surface area contributed by atoms with E-state index in [0.717, 1.165) is 26.1 Å². The Bertz CT molecular complexity index is 391. The maximum absolute atomic E-state index is 11.6. The summed E-state index contributed by atoms with van der Waals surface area (Å²) in [6, 6.07) is 10.5. The molecule has 2 atom stereocenters. The molecule has 1 aromatic carbocycles. The molecular weight excluding hydrogens is 226 g/mol. The van der Waals surface area contributed by atoms with E-state index < -0.39 is 0 Å². The summed E-state index contributed by atoms with van der Waals surface area (Å²) in [5.74, 6) is 0.378. The van der Waals surface area contributed by atoms with E-state index in [1.165, 1.54) is 12.7 Å². The van der Waals surface area contributed by atoms with Gasteiger partial charge in [0.15, 0.2) is 0 Å². The molecule has 3 nitrogen and oxygen atoms in total. The number of ether oxygens (including phenoxy) is 1. The van der Waals surface area contributed by atoms with Gasteiger partial charge in [-0.25, -0.2) is 0 Å². The molecule has 98 valence electrons. The molecule has 1 fully saturated rings. The molecule has 0 aliphatic carbocycles. The van der Waals surface area contributed by atoms with Gasteiger partial charge in [-0.1, -0.05) is 37.3 Å². The molecule has 2 rings (SSSR count). The van der Waals surface area contributed by atoms with Gasteiger partial charge in [0.25, 0.3) is 0 Å². The second-order valence-electron chi connectivity index (χ2n) is 5.10. The van der Waals surface area contributed by atoms with Crippen LogP contribution in [0.5, 0.6) is 0 Å². The average Bonchev–Trinajstić information content (AvgIpc) is 2.78. The second-order valence-corrected chi connectivity index (χ2v) is 5.10. The van der Waals surface area contributed by atoms with Gasteiger partial charge in [0.2, 0.25) is 0 Å². The molecule has 1 saturated heterocycles. The molecule has 18 heavy (non-hydrogen) atoms. The third-order valence-corrected chi connectivity index (χ3v) is 3.75. The number of carbonyl (C=O) groups is 1. The SMILES string of the molecule is COC(=O)C1CN(CCc2ccccc2)CC1C. The monoisotopic (exact) mass is 247 g/mol. The Labute approximate surface area is 109 Å². The van der Waals surface area contributed by atoms with Crippen molar-refractivity contribution in [2.45, 2.75) is 13.3 Å². The van der Waals surface area contributed by atoms with Crippen molar-refractivity contribution < 1.29 is 9.53 Å². The molecule has 1 aromatic rings. The van der Waals surface area contributed by atoms with Crippen molar-refractivity contribution >= 4 is 5.97 Å². The summed E-state index contributed by atoms with van der Waals surface area (Å²) in [5, 5.41) is 0. The number of rotatable bonds is 4. The first kappa shape index (κ1) is 13.1. The number of hydrogen-bond donors (Lipinski definition) is 0. The van der Waals surface area contributed by atoms with Crippen molar-refractivity contribution in [2.75, 3.05) is 26.7 Å². The van der Waals surface area contributed by atoms with Crippen LogP contribution in [0.2, 0.25) is 0 Å². The van der Waals surface area contributed by atoms with Gasteiger partial charge in [0.1, 0.15) is 0 Å². The molecule has 1 heterocycles. The van der Waals surface area contributed by atoms with Crippen molar-refractivity contribution in [1.29, 1.82) is 0 Å². The lowest BCUT2D eigenvalue weighted by Gasteiger charge is -2.15. The van der Waals surface area contributed by atoms with E-state index in [-0.39, 0.29) is 11.9 Å². The summed E-state index contributed by atoms with van der Waals surface area (Å²) in [6.07, 6.45) is 1.04. The van der Waals surface area contributed by atoms with Crippen LogP contribution < -0.4 is 0 Å². The van der Waals surface area contributed by atoms with Gasteiger partial charge >= 0.3 is 5.97 Å². The molecular formula is C15H21NO2. The Hall–Kier alpha value is -1.35. The van der Waals surface area contributed by atoms with E-state index >= 15 is 0 Å². The molecule has 0 aromatic heterocycles. The Balaban J connectivity index is 1.84. The normalized spacial score (nSPS) is 24.1. The van der Waals surface area contributed by atoms with Crippen LogP contribution in [0.4, 0.5) is 0 Å². The van der Waals surface area contributed by atoms with Crippen LogP contribution in [0.3, 0.4) is 0 Å². The molecule has 0 saturated carbocycles. The van der Waals surface area contributed by atoms with Gasteiger partial charge in [-0.15, -0.1) is 0 Å². The van der Waals surface area contributed by atoms with E-state index in [1.807, 2.05) is 6.07 Å². The van der Waals surface area contributed by atoms with Crippen molar-refractivity contribution in [3.63, 3.8) is 0 Å². The predicted octanol–water partition coefficient (Wildman–Crippen LogP) is 1.97. The highest BCUT2D eigenvalue weighted by Gasteiger charge is 2.34. The lowest BCUT2D eigenvalue weighted by Crippen LogP contribution is -2.26. The van der Waals surface area contributed by atoms with E-state index in [9.17, 15) is 4.79 Å². The van der Waals surface area contributed by atoms with Crippen LogP contribution in [-0.4, -0.2) is 37.6 Å². The first-order valence-corrected chi connectivity index (χ1v) is 6.55. The Morgan fingerprint density at radius 1 is 1.33 bits per heavy atom. The van der Waals surface area contributed by atoms with Gasteiger partial charge < -0.3 is 9.64 Å². The third kappa shape index (κ3) is 3.10. The van der Waals surface area contributed by atoms with Gasteiger partial charge in [-0.2, -0.15) is 0 Å². The van der Waals surface area contributed by atoms with Crippen LogP contribution in [0, 0.1) is 11.8 Å². The zero-order valence-electron chi connectivity index (χ0n) is 11.1. The summed E-state index contributed by atoms with van der Waals surface area (Å²) < 4.78 is 4.85. The van der Waals surface area contributed by atoms with Crippen LogP contribution in [0.15, 0.2) is 30.3 Å². The average molecular weight is 247 g/mol. The number of benzene rings is 1. The largest absolute Gasteiger partial charge is 0.469 e. The molecule has 1 aliphatic heterocycles. The van der Waals surface area contributed by atoms with E-state index in [2.05, 4.69) is 36.1 Å². The fraction of sp³-hybridized carbons (Fsp3) is 0.533. The van der Waals surface area contributed by atoms with Crippen LogP contribution in [-0.2, 0) is 16.0 Å². The molecule has 1 aliphatic rings. The summed E-state index contributed by atoms with van der Waals surface area (Å²) in [5.41, 5.74) is 1.35. The summed E-state index contributed by atoms with van der Waals surface area (Å²) in [6.45, 7) is 4.97. The summed E-state index contributed by atoms with van der Waals surface area (Å²) in [4.78, 5) is 14.0. The van der Waals surface area contributed by atoms with Crippen LogP contribution >= 0.6 is 0 Å². The standard InChI is InChI=1S/C15H21NO2/c1-12-10-16(11-14(12)15(17)18-2)9-8-13-6-4-3-5-7-13/h3-7,12,14H,8-11H2,1-2H3. The van der Waals surface area contributed by atoms with Crippen molar-refractivity contribution in [3.8, 4) is 0 Å². The minimum Gasteiger partial charge on any atom is -0.469 e. The fourth-order valence-corrected chi connectivity index (χ4v) is 2.64. The molecule has 0 spiro atoms. The van der Waals surface area contributed by atoms with Gasteiger partial charge in [-0.3, -0.25) is 4.79 Å². The van der Waals surface area contributed by atoms with Gasteiger partial charge in [0, 0.05) is 19.6 Å². The quantitative estimate of drug-likeness (QED) is 0.762. The highest BCUT2D eigenvalue weighted by molar-refractivity contribution is 5.73. The Morgan fingerprint density at radius 2 is 2.06 bits per heavy atom. The highest BCUT2D eigenvalue weighted by atomic mass is 16.5. The molecule has 0 amide bonds. The maximum Gasteiger partial charge on any atom is 0.310 e. The van der Waals surface area contributed by atoms with Crippen molar-refractivity contribution in [2.24, 2.45) is 11.8 Å². The Morgan fingerprint density at radius 3 is 2.72 bits per heavy atom. The zero-order chi connectivity index (χ0) is 13.0. The van der Waals surface area contributed by atoms with E-state index in [0.29, 0.717) is 5.92 Å². The number of nitrogens with zero attached hydrogens (tertiary/aromatic N) is 1. The van der Waals surface area contributed by atoms with Crippen molar-refractivity contribution in [3.05, 3.63) is 35.9 Å². The fourth-order valence-electron chi connectivity index (χ4n) is 2.64. The predicted molar refractivity (Wildman–Crippen MR) is 71.3 cm³/mol. The highest BCUT2D eigenvalue weighted by Crippen LogP contribution is 2.24. The first-order valence-electron chi connectivity index (χ1n) is 6.55. The lowest BCUT2D eigenvalue weighted by atomic mass is 9.99. The molecule has 0 bridgehead atoms. The topological polar surface area (TPSA) is 29.5 Å². The third-order valence-electron chi connectivity index (χ3n) is 3.75. The van der Waals surface area contributed by atoms with Crippen LogP contribution in [0.1, 0.15) is 12.5 Å². The number of hydrogen-bond acceptors (Lipinski definition) is 3. The van der Waals surface area contributed by atoms with E-state index in [1.54, 1.807) is 0 Å². The van der Waals surface area contributed by atoms with Crippen LogP contribution in [0.25, 0.3) is 0 Å². The van der Waals surface area contributed by atoms with Gasteiger partial charge in [-0.05, 0) is 17.9 Å². The van der Waals surface area contributed by atoms with Gasteiger partial charge in [0.05, 0.1) is 13.0 Å². The molecule has 0 radical (unpaired) electrons. The minimum absolute atomic E-state index is 0.0470. The summed E-state index contributed by atoms with van der Waals surface area (Å²) in [7, 11) is 1.47. The second kappa shape index (κ2) is 6.01. The Kier molecular flexibility index (Phi) is 4.37. The lowest BCUT2D eigenvalue weighted by molar-refractivity contribution is -0.146. The molecule has 0 N–H and O–H groups in total. The maximum atomic E-state index is 11.6. The molecule has 3 heteroatoms. The number of methoxy groups -OCH3 is 1. The smallest absolute Gasteiger partial charge is 0.310 e. The summed E-state index contributed by atoms with van der Waals surface area (Å²) >= 11 is 0.